The Morgan fingerprint density at radius 1 is 1.17 bits per heavy atom. The fourth-order valence-corrected chi connectivity index (χ4v) is 4.34. The molecule has 182 valence electrons. The molecule has 0 saturated heterocycles. The molecule has 0 aliphatic heterocycles. The number of aromatic amines is 2. The molecule has 0 radical (unpaired) electrons. The van der Waals surface area contributed by atoms with E-state index in [9.17, 15) is 4.79 Å². The molecule has 4 aromatic rings. The second-order valence-electron chi connectivity index (χ2n) is 8.71. The zero-order valence-corrected chi connectivity index (χ0v) is 20.9. The average Bonchev–Trinajstić information content (AvgIpc) is 3.52. The van der Waals surface area contributed by atoms with Crippen LogP contribution in [0, 0.1) is 0 Å². The third-order valence-electron chi connectivity index (χ3n) is 6.10. The van der Waals surface area contributed by atoms with Crippen molar-refractivity contribution in [3.8, 4) is 22.6 Å². The van der Waals surface area contributed by atoms with Crippen molar-refractivity contribution in [2.75, 3.05) is 19.6 Å². The number of rotatable bonds is 10. The van der Waals surface area contributed by atoms with Crippen LogP contribution in [0.2, 0.25) is 0 Å². The molecule has 1 aromatic carbocycles. The normalized spacial score (nSPS) is 11.2. The number of hydrogen-bond acceptors (Lipinski definition) is 5. The topological polar surface area (TPSA) is 103 Å². The number of carbonyl (C=O) groups is 1. The van der Waals surface area contributed by atoms with E-state index in [1.54, 1.807) is 11.1 Å². The first-order valence-corrected chi connectivity index (χ1v) is 12.1. The smallest absolute Gasteiger partial charge is 0.272 e. The Morgan fingerprint density at radius 2 is 2.00 bits per heavy atom. The summed E-state index contributed by atoms with van der Waals surface area (Å²) in [6.45, 7) is 14.9. The first-order valence-electron chi connectivity index (χ1n) is 12.1. The van der Waals surface area contributed by atoms with Crippen LogP contribution in [0.3, 0.4) is 0 Å². The fraction of sp³-hybridized carbons (Fsp3) is 0.333. The maximum Gasteiger partial charge on any atom is 0.272 e. The average molecular weight is 472 g/mol. The van der Waals surface area contributed by atoms with Gasteiger partial charge in [-0.25, -0.2) is 4.98 Å². The molecule has 0 aliphatic rings. The van der Waals surface area contributed by atoms with Crippen LogP contribution in [0.1, 0.15) is 49.3 Å². The Kier molecular flexibility index (Phi) is 7.41. The van der Waals surface area contributed by atoms with Crippen LogP contribution < -0.4 is 5.32 Å². The minimum atomic E-state index is -0.106. The molecule has 8 heteroatoms. The Morgan fingerprint density at radius 3 is 2.71 bits per heavy atom. The van der Waals surface area contributed by atoms with Crippen molar-refractivity contribution < 1.29 is 4.79 Å². The van der Waals surface area contributed by atoms with Gasteiger partial charge in [0.05, 0.1) is 11.7 Å². The SMILES string of the molecule is C=C(C)CN(CC)C(=O)c1cnc(-c2n[nH]c3ccc(-c4cncc(CNCC)c4CC)cc23)[nH]1. The molecule has 0 bridgehead atoms. The Balaban J connectivity index is 1.71. The highest BCUT2D eigenvalue weighted by Crippen LogP contribution is 2.32. The van der Waals surface area contributed by atoms with E-state index < -0.39 is 0 Å². The van der Waals surface area contributed by atoms with Gasteiger partial charge < -0.3 is 15.2 Å². The van der Waals surface area contributed by atoms with Gasteiger partial charge in [0, 0.05) is 43.0 Å². The number of pyridine rings is 1. The van der Waals surface area contributed by atoms with Gasteiger partial charge in [-0.3, -0.25) is 14.9 Å². The first-order chi connectivity index (χ1) is 17.0. The van der Waals surface area contributed by atoms with E-state index in [4.69, 9.17) is 0 Å². The summed E-state index contributed by atoms with van der Waals surface area (Å²) < 4.78 is 0. The highest BCUT2D eigenvalue weighted by Gasteiger charge is 2.20. The highest BCUT2D eigenvalue weighted by atomic mass is 16.2. The van der Waals surface area contributed by atoms with E-state index >= 15 is 0 Å². The van der Waals surface area contributed by atoms with Crippen LogP contribution in [0.5, 0.6) is 0 Å². The summed E-state index contributed by atoms with van der Waals surface area (Å²) in [7, 11) is 0. The summed E-state index contributed by atoms with van der Waals surface area (Å²) in [4.78, 5) is 26.8. The molecule has 8 nitrogen and oxygen atoms in total. The lowest BCUT2D eigenvalue weighted by Crippen LogP contribution is -2.32. The summed E-state index contributed by atoms with van der Waals surface area (Å²) in [5.74, 6) is 0.448. The van der Waals surface area contributed by atoms with Crippen molar-refractivity contribution in [1.29, 1.82) is 0 Å². The molecule has 0 aliphatic carbocycles. The number of H-pyrrole nitrogens is 2. The number of carbonyl (C=O) groups excluding carboxylic acids is 1. The summed E-state index contributed by atoms with van der Waals surface area (Å²) in [5.41, 5.74) is 7.64. The number of amides is 1. The Labute approximate surface area is 205 Å². The lowest BCUT2D eigenvalue weighted by atomic mass is 9.95. The highest BCUT2D eigenvalue weighted by molar-refractivity contribution is 5.96. The predicted octanol–water partition coefficient (Wildman–Crippen LogP) is 4.73. The van der Waals surface area contributed by atoms with Crippen LogP contribution in [0.25, 0.3) is 33.5 Å². The Hall–Kier alpha value is -3.78. The second kappa shape index (κ2) is 10.7. The van der Waals surface area contributed by atoms with E-state index in [0.29, 0.717) is 30.3 Å². The lowest BCUT2D eigenvalue weighted by molar-refractivity contribution is 0.0773. The van der Waals surface area contributed by atoms with Gasteiger partial charge in [-0.05, 0) is 55.6 Å². The summed E-state index contributed by atoms with van der Waals surface area (Å²) >= 11 is 0. The lowest BCUT2D eigenvalue weighted by Gasteiger charge is -2.19. The van der Waals surface area contributed by atoms with Crippen LogP contribution in [0.15, 0.2) is 48.9 Å². The van der Waals surface area contributed by atoms with Crippen molar-refractivity contribution in [3.63, 3.8) is 0 Å². The van der Waals surface area contributed by atoms with Crippen molar-refractivity contribution in [2.45, 2.75) is 40.7 Å². The van der Waals surface area contributed by atoms with Gasteiger partial charge in [0.15, 0.2) is 5.82 Å². The number of fused-ring (bicyclic) bond motifs is 1. The van der Waals surface area contributed by atoms with E-state index in [-0.39, 0.29) is 5.91 Å². The molecule has 3 heterocycles. The molecule has 0 spiro atoms. The van der Waals surface area contributed by atoms with Crippen LogP contribution in [-0.4, -0.2) is 55.6 Å². The van der Waals surface area contributed by atoms with E-state index in [1.807, 2.05) is 32.3 Å². The number of nitrogens with zero attached hydrogens (tertiary/aromatic N) is 4. The molecule has 0 unspecified atom stereocenters. The van der Waals surface area contributed by atoms with Gasteiger partial charge >= 0.3 is 0 Å². The van der Waals surface area contributed by atoms with Gasteiger partial charge in [0.2, 0.25) is 0 Å². The first kappa shape index (κ1) is 24.3. The van der Waals surface area contributed by atoms with E-state index in [1.165, 1.54) is 11.1 Å². The van der Waals surface area contributed by atoms with Crippen LogP contribution in [-0.2, 0) is 13.0 Å². The van der Waals surface area contributed by atoms with Crippen molar-refractivity contribution in [2.24, 2.45) is 0 Å². The van der Waals surface area contributed by atoms with Gasteiger partial charge in [-0.1, -0.05) is 32.1 Å². The van der Waals surface area contributed by atoms with Crippen LogP contribution in [0.4, 0.5) is 0 Å². The maximum absolute atomic E-state index is 12.9. The van der Waals surface area contributed by atoms with Crippen molar-refractivity contribution in [1.82, 2.24) is 35.4 Å². The molecule has 0 fully saturated rings. The molecule has 3 aromatic heterocycles. The quantitative estimate of drug-likeness (QED) is 0.290. The molecular weight excluding hydrogens is 438 g/mol. The monoisotopic (exact) mass is 471 g/mol. The molecule has 35 heavy (non-hydrogen) atoms. The van der Waals surface area contributed by atoms with Gasteiger partial charge in [-0.15, -0.1) is 0 Å². The van der Waals surface area contributed by atoms with E-state index in [2.05, 4.69) is 63.0 Å². The number of aromatic nitrogens is 5. The maximum atomic E-state index is 12.9. The Bertz CT molecular complexity index is 1350. The minimum absolute atomic E-state index is 0.106. The summed E-state index contributed by atoms with van der Waals surface area (Å²) in [5, 5.41) is 11.9. The van der Waals surface area contributed by atoms with Gasteiger partial charge in [0.25, 0.3) is 5.91 Å². The zero-order valence-electron chi connectivity index (χ0n) is 20.9. The summed E-state index contributed by atoms with van der Waals surface area (Å²) in [6.07, 6.45) is 6.37. The number of nitrogens with one attached hydrogen (secondary N) is 3. The number of hydrogen-bond donors (Lipinski definition) is 3. The third-order valence-corrected chi connectivity index (χ3v) is 6.10. The molecule has 0 atom stereocenters. The molecule has 3 N–H and O–H groups in total. The predicted molar refractivity (Wildman–Crippen MR) is 140 cm³/mol. The van der Waals surface area contributed by atoms with Crippen molar-refractivity contribution in [3.05, 3.63) is 65.8 Å². The second-order valence-corrected chi connectivity index (χ2v) is 8.71. The van der Waals surface area contributed by atoms with E-state index in [0.717, 1.165) is 47.1 Å². The number of imidazole rings is 1. The standard InChI is InChI=1S/C27H33N7O/c1-6-20-19(12-28-7-2)13-29-14-22(20)18-9-10-23-21(11-18)25(33-32-23)26-30-15-24(31-26)27(35)34(8-3)16-17(4)5/h9-11,13-15,28H,4,6-8,12,16H2,1-3,5H3,(H,30,31)(H,32,33). The summed E-state index contributed by atoms with van der Waals surface area (Å²) in [6, 6.07) is 6.23. The third kappa shape index (κ3) is 5.02. The van der Waals surface area contributed by atoms with Crippen molar-refractivity contribution >= 4 is 16.8 Å². The number of benzene rings is 1. The molecule has 0 saturated carbocycles. The van der Waals surface area contributed by atoms with Crippen LogP contribution >= 0.6 is 0 Å². The zero-order chi connectivity index (χ0) is 24.9. The van der Waals surface area contributed by atoms with Gasteiger partial charge in [-0.2, -0.15) is 5.10 Å². The number of likely N-dealkylation sites (N-methyl/N-ethyl adjacent to an activating group) is 1. The minimum Gasteiger partial charge on any atom is -0.334 e. The molecular formula is C27H33N7O. The molecule has 1 amide bonds. The van der Waals surface area contributed by atoms with Gasteiger partial charge in [0.1, 0.15) is 11.4 Å². The fourth-order valence-electron chi connectivity index (χ4n) is 4.34. The largest absolute Gasteiger partial charge is 0.334 e. The molecule has 4 rings (SSSR count).